The predicted molar refractivity (Wildman–Crippen MR) is 137 cm³/mol. The first-order chi connectivity index (χ1) is 16.3. The van der Waals surface area contributed by atoms with Gasteiger partial charge in [-0.25, -0.2) is 0 Å². The number of hydrogen-bond donors (Lipinski definition) is 0. The topological polar surface area (TPSA) is 63.2 Å². The van der Waals surface area contributed by atoms with Gasteiger partial charge in [0.25, 0.3) is 0 Å². The van der Waals surface area contributed by atoms with E-state index in [1.807, 2.05) is 37.3 Å². The average molecular weight is 485 g/mol. The minimum Gasteiger partial charge on any atom is -0.542 e. The Balaban J connectivity index is 2.26. The molecule has 0 saturated carbocycles. The summed E-state index contributed by atoms with van der Waals surface area (Å²) in [4.78, 5) is 11.9. The smallest absolute Gasteiger partial charge is 0.245 e. The van der Waals surface area contributed by atoms with Crippen LogP contribution in [0, 0.1) is 5.92 Å². The van der Waals surface area contributed by atoms with E-state index in [1.165, 1.54) is 0 Å². The molecule has 0 saturated heterocycles. The van der Waals surface area contributed by atoms with Crippen LogP contribution >= 0.6 is 0 Å². The number of rotatable bonds is 10. The molecule has 0 aromatic heterocycles. The largest absolute Gasteiger partial charge is 0.542 e. The van der Waals surface area contributed by atoms with Gasteiger partial charge in [0.2, 0.25) is 14.1 Å². The second kappa shape index (κ2) is 11.0. The lowest BCUT2D eigenvalue weighted by Gasteiger charge is -2.25. The summed E-state index contributed by atoms with van der Waals surface area (Å²) in [6.45, 7) is 8.95. The predicted octanol–water partition coefficient (Wildman–Crippen LogP) is 5.91. The van der Waals surface area contributed by atoms with Crippen molar-refractivity contribution in [2.45, 2.75) is 45.8 Å². The number of aldehydes is 1. The Kier molecular flexibility index (Phi) is 8.31. The molecule has 3 rings (SSSR count). The third-order valence-electron chi connectivity index (χ3n) is 6.30. The molecule has 0 bridgehead atoms. The fraction of sp³-hybridized carbons (Fsp3) is 0.444. The molecule has 0 fully saturated rings. The van der Waals surface area contributed by atoms with Crippen LogP contribution in [0.1, 0.15) is 37.0 Å². The fourth-order valence-corrected chi connectivity index (χ4v) is 5.07. The van der Waals surface area contributed by atoms with Crippen LogP contribution in [0.15, 0.2) is 30.3 Å². The first kappa shape index (κ1) is 25.7. The molecule has 0 radical (unpaired) electrons. The number of ether oxygens (including phenoxy) is 4. The standard InChI is InChI=1S/C27H36O6Si/c1-8-32-25-16-22-20(26(30-4)27(25)31-5)12-10-18(17-28)14-21(22)19-11-13-23(29-3)24(15-19)33-34(6,7)9-2/h11,13-18H,8-10,12H2,1-7H3/t18-/m1/s1. The molecule has 0 N–H and O–H groups in total. The molecule has 0 amide bonds. The highest BCUT2D eigenvalue weighted by Gasteiger charge is 2.28. The molecule has 1 aliphatic carbocycles. The molecular formula is C27H36O6Si. The maximum absolute atomic E-state index is 11.9. The Hall–Kier alpha value is -2.93. The lowest BCUT2D eigenvalue weighted by atomic mass is 9.92. The van der Waals surface area contributed by atoms with E-state index in [9.17, 15) is 4.79 Å². The van der Waals surface area contributed by atoms with E-state index in [0.717, 1.165) is 40.3 Å². The van der Waals surface area contributed by atoms with Crippen LogP contribution in [0.2, 0.25) is 19.1 Å². The van der Waals surface area contributed by atoms with Crippen molar-refractivity contribution in [1.82, 2.24) is 0 Å². The van der Waals surface area contributed by atoms with Crippen molar-refractivity contribution >= 4 is 20.2 Å². The highest BCUT2D eigenvalue weighted by molar-refractivity contribution is 6.71. The van der Waals surface area contributed by atoms with E-state index in [4.69, 9.17) is 23.4 Å². The summed E-state index contributed by atoms with van der Waals surface area (Å²) in [5.74, 6) is 3.02. The number of allylic oxidation sites excluding steroid dienone is 1. The second-order valence-corrected chi connectivity index (χ2v) is 13.3. The van der Waals surface area contributed by atoms with Gasteiger partial charge in [-0.15, -0.1) is 0 Å². The van der Waals surface area contributed by atoms with Crippen LogP contribution in [-0.4, -0.2) is 42.5 Å². The third kappa shape index (κ3) is 5.25. The summed E-state index contributed by atoms with van der Waals surface area (Å²) in [6, 6.07) is 8.92. The summed E-state index contributed by atoms with van der Waals surface area (Å²) >= 11 is 0. The van der Waals surface area contributed by atoms with Gasteiger partial charge in [-0.05, 0) is 73.8 Å². The Morgan fingerprint density at radius 2 is 1.71 bits per heavy atom. The van der Waals surface area contributed by atoms with Gasteiger partial charge in [-0.3, -0.25) is 0 Å². The van der Waals surface area contributed by atoms with Gasteiger partial charge in [0, 0.05) is 11.5 Å². The molecule has 34 heavy (non-hydrogen) atoms. The van der Waals surface area contributed by atoms with Crippen molar-refractivity contribution in [1.29, 1.82) is 0 Å². The second-order valence-electron chi connectivity index (χ2n) is 8.90. The molecule has 2 aromatic rings. The quantitative estimate of drug-likeness (QED) is 0.309. The molecular weight excluding hydrogens is 448 g/mol. The molecule has 0 spiro atoms. The summed E-state index contributed by atoms with van der Waals surface area (Å²) in [5, 5.41) is 0. The Morgan fingerprint density at radius 1 is 0.971 bits per heavy atom. The third-order valence-corrected chi connectivity index (χ3v) is 8.77. The first-order valence-electron chi connectivity index (χ1n) is 11.8. The van der Waals surface area contributed by atoms with Crippen LogP contribution in [0.3, 0.4) is 0 Å². The minimum atomic E-state index is -1.90. The highest BCUT2D eigenvalue weighted by atomic mass is 28.4. The van der Waals surface area contributed by atoms with Crippen molar-refractivity contribution in [2.75, 3.05) is 27.9 Å². The van der Waals surface area contributed by atoms with Gasteiger partial charge in [-0.2, -0.15) is 0 Å². The van der Waals surface area contributed by atoms with Gasteiger partial charge >= 0.3 is 0 Å². The lowest BCUT2D eigenvalue weighted by molar-refractivity contribution is -0.110. The number of hydrogen-bond acceptors (Lipinski definition) is 6. The van der Waals surface area contributed by atoms with Gasteiger partial charge in [0.15, 0.2) is 17.2 Å². The summed E-state index contributed by atoms with van der Waals surface area (Å²) in [7, 11) is 3.00. The molecule has 2 aromatic carbocycles. The van der Waals surface area contributed by atoms with Crippen LogP contribution in [0.4, 0.5) is 0 Å². The number of fused-ring (bicyclic) bond motifs is 1. The molecule has 0 unspecified atom stereocenters. The van der Waals surface area contributed by atoms with E-state index in [0.29, 0.717) is 42.4 Å². The maximum Gasteiger partial charge on any atom is 0.245 e. The van der Waals surface area contributed by atoms with Crippen molar-refractivity contribution in [3.63, 3.8) is 0 Å². The summed E-state index contributed by atoms with van der Waals surface area (Å²) in [6.07, 6.45) is 4.41. The normalized spacial score (nSPS) is 15.5. The van der Waals surface area contributed by atoms with Gasteiger partial charge in [-0.1, -0.05) is 19.1 Å². The number of carbonyl (C=O) groups is 1. The van der Waals surface area contributed by atoms with Gasteiger partial charge in [0.05, 0.1) is 27.9 Å². The summed E-state index contributed by atoms with van der Waals surface area (Å²) in [5.41, 5.74) is 3.85. The van der Waals surface area contributed by atoms with E-state index < -0.39 is 8.32 Å². The highest BCUT2D eigenvalue weighted by Crippen LogP contribution is 2.48. The zero-order chi connectivity index (χ0) is 24.9. The van der Waals surface area contributed by atoms with Crippen molar-refractivity contribution in [2.24, 2.45) is 5.92 Å². The molecule has 0 heterocycles. The van der Waals surface area contributed by atoms with Crippen LogP contribution in [0.25, 0.3) is 5.57 Å². The minimum absolute atomic E-state index is 0.221. The zero-order valence-electron chi connectivity index (χ0n) is 21.3. The van der Waals surface area contributed by atoms with Crippen molar-refractivity contribution in [3.8, 4) is 28.7 Å². The van der Waals surface area contributed by atoms with E-state index in [1.54, 1.807) is 21.3 Å². The monoisotopic (exact) mass is 484 g/mol. The van der Waals surface area contributed by atoms with Gasteiger partial charge < -0.3 is 28.2 Å². The average Bonchev–Trinajstić information content (AvgIpc) is 3.02. The van der Waals surface area contributed by atoms with E-state index in [-0.39, 0.29) is 5.92 Å². The van der Waals surface area contributed by atoms with Crippen LogP contribution in [-0.2, 0) is 11.2 Å². The molecule has 1 aliphatic rings. The SMILES string of the molecule is CCOc1cc2c(c(OC)c1OC)CC[C@@H](C=O)C=C2c1ccc(OC)c(O[Si](C)(C)CC)c1. The molecule has 6 nitrogen and oxygen atoms in total. The number of carbonyl (C=O) groups excluding carboxylic acids is 1. The molecule has 184 valence electrons. The lowest BCUT2D eigenvalue weighted by Crippen LogP contribution is -2.33. The Labute approximate surface area is 204 Å². The zero-order valence-corrected chi connectivity index (χ0v) is 22.3. The van der Waals surface area contributed by atoms with Crippen LogP contribution in [0.5, 0.6) is 28.7 Å². The van der Waals surface area contributed by atoms with E-state index in [2.05, 4.69) is 20.0 Å². The number of methoxy groups -OCH3 is 3. The Bertz CT molecular complexity index is 1060. The molecule has 1 atom stereocenters. The van der Waals surface area contributed by atoms with Crippen LogP contribution < -0.4 is 23.4 Å². The molecule has 0 aliphatic heterocycles. The number of benzene rings is 2. The van der Waals surface area contributed by atoms with Crippen molar-refractivity contribution < 1.29 is 28.2 Å². The van der Waals surface area contributed by atoms with Gasteiger partial charge in [0.1, 0.15) is 12.0 Å². The Morgan fingerprint density at radius 3 is 2.29 bits per heavy atom. The first-order valence-corrected chi connectivity index (χ1v) is 14.9. The van der Waals surface area contributed by atoms with E-state index >= 15 is 0 Å². The molecule has 7 heteroatoms. The fourth-order valence-electron chi connectivity index (χ4n) is 4.17. The maximum atomic E-state index is 11.9. The summed E-state index contributed by atoms with van der Waals surface area (Å²) < 4.78 is 29.5. The van der Waals surface area contributed by atoms with Crippen molar-refractivity contribution in [3.05, 3.63) is 47.0 Å².